The highest BCUT2D eigenvalue weighted by molar-refractivity contribution is 6.30. The number of hydrogen-bond donors (Lipinski definition) is 1. The van der Waals surface area contributed by atoms with Gasteiger partial charge in [0.1, 0.15) is 5.75 Å². The quantitative estimate of drug-likeness (QED) is 0.819. The molecule has 2 aromatic carbocycles. The Morgan fingerprint density at radius 1 is 1.14 bits per heavy atom. The summed E-state index contributed by atoms with van der Waals surface area (Å²) in [6, 6.07) is 14.6. The van der Waals surface area contributed by atoms with Crippen LogP contribution in [0.15, 0.2) is 42.5 Å². The van der Waals surface area contributed by atoms with Gasteiger partial charge in [0.05, 0.1) is 6.61 Å². The smallest absolute Gasteiger partial charge is 0.119 e. The standard InChI is InChI=1S/C18H22ClNO/c1-4-21-18-9-6-15(7-10-18)14(3)20-12-16-5-8-17(19)11-13(16)2/h5-11,14,20H,4,12H2,1-3H3. The molecule has 2 rings (SSSR count). The topological polar surface area (TPSA) is 21.3 Å². The van der Waals surface area contributed by atoms with E-state index in [0.29, 0.717) is 6.61 Å². The molecule has 0 amide bonds. The first-order chi connectivity index (χ1) is 10.1. The molecule has 3 heteroatoms. The van der Waals surface area contributed by atoms with Crippen LogP contribution in [0.25, 0.3) is 0 Å². The van der Waals surface area contributed by atoms with Crippen LogP contribution in [0.3, 0.4) is 0 Å². The first-order valence-corrected chi connectivity index (χ1v) is 7.69. The minimum absolute atomic E-state index is 0.288. The van der Waals surface area contributed by atoms with Gasteiger partial charge in [-0.05, 0) is 61.7 Å². The zero-order valence-electron chi connectivity index (χ0n) is 12.8. The van der Waals surface area contributed by atoms with Crippen molar-refractivity contribution < 1.29 is 4.74 Å². The molecule has 0 fully saturated rings. The fourth-order valence-corrected chi connectivity index (χ4v) is 2.48. The first-order valence-electron chi connectivity index (χ1n) is 7.31. The van der Waals surface area contributed by atoms with Gasteiger partial charge in [-0.15, -0.1) is 0 Å². The van der Waals surface area contributed by atoms with Gasteiger partial charge in [0.25, 0.3) is 0 Å². The maximum absolute atomic E-state index is 5.98. The Labute approximate surface area is 132 Å². The van der Waals surface area contributed by atoms with Gasteiger partial charge in [0.2, 0.25) is 0 Å². The van der Waals surface area contributed by atoms with E-state index in [0.717, 1.165) is 17.3 Å². The van der Waals surface area contributed by atoms with Crippen molar-refractivity contribution in [2.75, 3.05) is 6.61 Å². The molecule has 1 atom stereocenters. The summed E-state index contributed by atoms with van der Waals surface area (Å²) in [6.45, 7) is 7.78. The van der Waals surface area contributed by atoms with E-state index < -0.39 is 0 Å². The summed E-state index contributed by atoms with van der Waals surface area (Å²) >= 11 is 5.98. The van der Waals surface area contributed by atoms with Crippen molar-refractivity contribution in [3.8, 4) is 5.75 Å². The largest absolute Gasteiger partial charge is 0.494 e. The van der Waals surface area contributed by atoms with Gasteiger partial charge in [0.15, 0.2) is 0 Å². The minimum Gasteiger partial charge on any atom is -0.494 e. The Bertz CT molecular complexity index is 580. The normalized spacial score (nSPS) is 12.2. The maximum Gasteiger partial charge on any atom is 0.119 e. The minimum atomic E-state index is 0.288. The molecule has 0 heterocycles. The van der Waals surface area contributed by atoms with Gasteiger partial charge in [-0.25, -0.2) is 0 Å². The van der Waals surface area contributed by atoms with Crippen LogP contribution in [-0.4, -0.2) is 6.61 Å². The van der Waals surface area contributed by atoms with Gasteiger partial charge in [-0.3, -0.25) is 0 Å². The van der Waals surface area contributed by atoms with Gasteiger partial charge < -0.3 is 10.1 Å². The number of hydrogen-bond acceptors (Lipinski definition) is 2. The molecule has 0 aliphatic heterocycles. The molecule has 2 nitrogen and oxygen atoms in total. The molecule has 0 aliphatic carbocycles. The number of benzene rings is 2. The Morgan fingerprint density at radius 2 is 1.86 bits per heavy atom. The lowest BCUT2D eigenvalue weighted by Crippen LogP contribution is -2.18. The molecule has 0 saturated heterocycles. The van der Waals surface area contributed by atoms with Gasteiger partial charge in [-0.2, -0.15) is 0 Å². The monoisotopic (exact) mass is 303 g/mol. The SMILES string of the molecule is CCOc1ccc(C(C)NCc2ccc(Cl)cc2C)cc1. The van der Waals surface area contributed by atoms with Gasteiger partial charge in [-0.1, -0.05) is 29.8 Å². The van der Waals surface area contributed by atoms with Crippen LogP contribution in [-0.2, 0) is 6.54 Å². The fourth-order valence-electron chi connectivity index (χ4n) is 2.26. The third kappa shape index (κ3) is 4.48. The number of ether oxygens (including phenoxy) is 1. The number of aryl methyl sites for hydroxylation is 1. The van der Waals surface area contributed by atoms with E-state index in [9.17, 15) is 0 Å². The van der Waals surface area contributed by atoms with E-state index in [-0.39, 0.29) is 6.04 Å². The molecular weight excluding hydrogens is 282 g/mol. The fraction of sp³-hybridized carbons (Fsp3) is 0.333. The van der Waals surface area contributed by atoms with Crippen LogP contribution in [0.4, 0.5) is 0 Å². The second kappa shape index (κ2) is 7.48. The highest BCUT2D eigenvalue weighted by atomic mass is 35.5. The molecule has 21 heavy (non-hydrogen) atoms. The second-order valence-corrected chi connectivity index (χ2v) is 5.61. The summed E-state index contributed by atoms with van der Waals surface area (Å²) in [5.74, 6) is 0.919. The summed E-state index contributed by atoms with van der Waals surface area (Å²) in [7, 11) is 0. The third-order valence-electron chi connectivity index (χ3n) is 3.59. The summed E-state index contributed by atoms with van der Waals surface area (Å²) in [4.78, 5) is 0. The lowest BCUT2D eigenvalue weighted by atomic mass is 10.1. The van der Waals surface area contributed by atoms with Gasteiger partial charge in [0, 0.05) is 17.6 Å². The van der Waals surface area contributed by atoms with Crippen molar-refractivity contribution in [3.63, 3.8) is 0 Å². The highest BCUT2D eigenvalue weighted by Crippen LogP contribution is 2.19. The predicted octanol–water partition coefficient (Wildman–Crippen LogP) is 4.90. The Balaban J connectivity index is 1.96. The van der Waals surface area contributed by atoms with E-state index >= 15 is 0 Å². The van der Waals surface area contributed by atoms with E-state index in [1.165, 1.54) is 16.7 Å². The maximum atomic E-state index is 5.98. The zero-order valence-corrected chi connectivity index (χ0v) is 13.6. The molecule has 0 aliphatic rings. The highest BCUT2D eigenvalue weighted by Gasteiger charge is 2.06. The second-order valence-electron chi connectivity index (χ2n) is 5.18. The van der Waals surface area contributed by atoms with Crippen molar-refractivity contribution in [3.05, 3.63) is 64.2 Å². The lowest BCUT2D eigenvalue weighted by molar-refractivity contribution is 0.340. The average molecular weight is 304 g/mol. The molecule has 0 bridgehead atoms. The third-order valence-corrected chi connectivity index (χ3v) is 3.83. The van der Waals surface area contributed by atoms with E-state index in [1.807, 2.05) is 31.2 Å². The predicted molar refractivity (Wildman–Crippen MR) is 89.1 cm³/mol. The Morgan fingerprint density at radius 3 is 2.48 bits per heavy atom. The van der Waals surface area contributed by atoms with Crippen LogP contribution < -0.4 is 10.1 Å². The van der Waals surface area contributed by atoms with E-state index in [2.05, 4.69) is 37.4 Å². The molecule has 0 spiro atoms. The molecule has 112 valence electrons. The molecular formula is C18H22ClNO. The summed E-state index contributed by atoms with van der Waals surface area (Å²) in [5.41, 5.74) is 3.75. The zero-order chi connectivity index (χ0) is 15.2. The summed E-state index contributed by atoms with van der Waals surface area (Å²) < 4.78 is 5.46. The number of halogens is 1. The van der Waals surface area contributed by atoms with Crippen molar-refractivity contribution >= 4 is 11.6 Å². The van der Waals surface area contributed by atoms with Crippen LogP contribution >= 0.6 is 11.6 Å². The van der Waals surface area contributed by atoms with Crippen molar-refractivity contribution in [2.24, 2.45) is 0 Å². The van der Waals surface area contributed by atoms with Gasteiger partial charge >= 0.3 is 0 Å². The molecule has 0 radical (unpaired) electrons. The number of rotatable bonds is 6. The Hall–Kier alpha value is -1.51. The number of nitrogens with one attached hydrogen (secondary N) is 1. The van der Waals surface area contributed by atoms with Crippen LogP contribution in [0.1, 0.15) is 36.6 Å². The molecule has 0 aromatic heterocycles. The van der Waals surface area contributed by atoms with Crippen molar-refractivity contribution in [1.82, 2.24) is 5.32 Å². The summed E-state index contributed by atoms with van der Waals surface area (Å²) in [6.07, 6.45) is 0. The van der Waals surface area contributed by atoms with Crippen molar-refractivity contribution in [2.45, 2.75) is 33.4 Å². The van der Waals surface area contributed by atoms with E-state index in [1.54, 1.807) is 0 Å². The molecule has 1 N–H and O–H groups in total. The summed E-state index contributed by atoms with van der Waals surface area (Å²) in [5, 5.41) is 4.33. The molecule has 1 unspecified atom stereocenters. The average Bonchev–Trinajstić information content (AvgIpc) is 2.47. The molecule has 0 saturated carbocycles. The van der Waals surface area contributed by atoms with Crippen molar-refractivity contribution in [1.29, 1.82) is 0 Å². The first kappa shape index (κ1) is 15.9. The molecule has 2 aromatic rings. The Kier molecular flexibility index (Phi) is 5.66. The van der Waals surface area contributed by atoms with E-state index in [4.69, 9.17) is 16.3 Å². The van der Waals surface area contributed by atoms with Crippen LogP contribution in [0, 0.1) is 6.92 Å². The van der Waals surface area contributed by atoms with Crippen LogP contribution in [0.2, 0.25) is 5.02 Å². The lowest BCUT2D eigenvalue weighted by Gasteiger charge is -2.16. The van der Waals surface area contributed by atoms with Crippen LogP contribution in [0.5, 0.6) is 5.75 Å².